The van der Waals surface area contributed by atoms with Crippen LogP contribution in [0.5, 0.6) is 0 Å². The fraction of sp³-hybridized carbons (Fsp3) is 0.333. The molecule has 1 nitrogen and oxygen atoms in total. The summed E-state index contributed by atoms with van der Waals surface area (Å²) in [5.74, 6) is 1.04. The van der Waals surface area contributed by atoms with Crippen LogP contribution in [0, 0.1) is 20.8 Å². The van der Waals surface area contributed by atoms with E-state index in [4.69, 9.17) is 0 Å². The second-order valence-corrected chi connectivity index (χ2v) is 6.40. The van der Waals surface area contributed by atoms with Gasteiger partial charge in [-0.3, -0.25) is 0 Å². The van der Waals surface area contributed by atoms with Crippen molar-refractivity contribution < 1.29 is 0 Å². The average molecular weight is 285 g/mol. The summed E-state index contributed by atoms with van der Waals surface area (Å²) in [7, 11) is 2.03. The normalized spacial score (nSPS) is 12.4. The van der Waals surface area contributed by atoms with Crippen LogP contribution < -0.4 is 5.32 Å². The molecule has 0 aliphatic rings. The SMILES string of the molecule is CNC(CSc1ccc(C)c(C)c1)c1ccc(C)cc1. The van der Waals surface area contributed by atoms with E-state index >= 15 is 0 Å². The lowest BCUT2D eigenvalue weighted by Gasteiger charge is -2.17. The van der Waals surface area contributed by atoms with Crippen LogP contribution in [0.25, 0.3) is 0 Å². The molecule has 1 unspecified atom stereocenters. The highest BCUT2D eigenvalue weighted by atomic mass is 32.2. The molecule has 0 radical (unpaired) electrons. The maximum atomic E-state index is 3.41. The zero-order valence-corrected chi connectivity index (χ0v) is 13.6. The maximum absolute atomic E-state index is 3.41. The van der Waals surface area contributed by atoms with Gasteiger partial charge in [0, 0.05) is 16.7 Å². The van der Waals surface area contributed by atoms with Crippen LogP contribution in [0.2, 0.25) is 0 Å². The lowest BCUT2D eigenvalue weighted by atomic mass is 10.1. The van der Waals surface area contributed by atoms with E-state index in [1.807, 2.05) is 18.8 Å². The predicted molar refractivity (Wildman–Crippen MR) is 89.6 cm³/mol. The Balaban J connectivity index is 2.03. The summed E-state index contributed by atoms with van der Waals surface area (Å²) >= 11 is 1.91. The highest BCUT2D eigenvalue weighted by molar-refractivity contribution is 7.99. The van der Waals surface area contributed by atoms with Crippen LogP contribution in [0.15, 0.2) is 47.4 Å². The standard InChI is InChI=1S/C18H23NS/c1-13-5-8-16(9-6-13)18(19-4)12-20-17-10-7-14(2)15(3)11-17/h5-11,18-19H,12H2,1-4H3. The van der Waals surface area contributed by atoms with Gasteiger partial charge < -0.3 is 5.32 Å². The summed E-state index contributed by atoms with van der Waals surface area (Å²) in [4.78, 5) is 1.35. The van der Waals surface area contributed by atoms with Gasteiger partial charge in [0.15, 0.2) is 0 Å². The van der Waals surface area contributed by atoms with E-state index in [2.05, 4.69) is 68.6 Å². The zero-order chi connectivity index (χ0) is 14.5. The molecule has 0 aliphatic carbocycles. The van der Waals surface area contributed by atoms with Crippen LogP contribution in [0.1, 0.15) is 28.3 Å². The molecule has 2 rings (SSSR count). The van der Waals surface area contributed by atoms with E-state index in [0.29, 0.717) is 6.04 Å². The average Bonchev–Trinajstić information content (AvgIpc) is 2.45. The zero-order valence-electron chi connectivity index (χ0n) is 12.7. The Labute approximate surface area is 126 Å². The van der Waals surface area contributed by atoms with Gasteiger partial charge in [-0.25, -0.2) is 0 Å². The van der Waals surface area contributed by atoms with Crippen molar-refractivity contribution in [2.75, 3.05) is 12.8 Å². The lowest BCUT2D eigenvalue weighted by Crippen LogP contribution is -2.18. The third kappa shape index (κ3) is 3.87. The largest absolute Gasteiger partial charge is 0.312 e. The fourth-order valence-corrected chi connectivity index (χ4v) is 3.27. The number of aryl methyl sites for hydroxylation is 3. The second-order valence-electron chi connectivity index (χ2n) is 5.31. The van der Waals surface area contributed by atoms with Gasteiger partial charge in [0.25, 0.3) is 0 Å². The van der Waals surface area contributed by atoms with Crippen molar-refractivity contribution in [1.29, 1.82) is 0 Å². The Morgan fingerprint density at radius 1 is 0.950 bits per heavy atom. The van der Waals surface area contributed by atoms with Gasteiger partial charge in [0.2, 0.25) is 0 Å². The quantitative estimate of drug-likeness (QED) is 0.802. The van der Waals surface area contributed by atoms with Gasteiger partial charge in [0.05, 0.1) is 0 Å². The molecule has 1 N–H and O–H groups in total. The molecule has 20 heavy (non-hydrogen) atoms. The molecule has 2 aromatic carbocycles. The first-order valence-electron chi connectivity index (χ1n) is 7.04. The number of thioether (sulfide) groups is 1. The molecule has 106 valence electrons. The minimum absolute atomic E-state index is 0.391. The van der Waals surface area contributed by atoms with Crippen molar-refractivity contribution in [3.05, 3.63) is 64.7 Å². The van der Waals surface area contributed by atoms with Crippen molar-refractivity contribution >= 4 is 11.8 Å². The molecular formula is C18H23NS. The van der Waals surface area contributed by atoms with Gasteiger partial charge >= 0.3 is 0 Å². The van der Waals surface area contributed by atoms with Gasteiger partial charge in [0.1, 0.15) is 0 Å². The van der Waals surface area contributed by atoms with E-state index in [9.17, 15) is 0 Å². The molecule has 0 amide bonds. The van der Waals surface area contributed by atoms with Gasteiger partial charge in [-0.15, -0.1) is 11.8 Å². The van der Waals surface area contributed by atoms with Crippen LogP contribution in [-0.4, -0.2) is 12.8 Å². The third-order valence-electron chi connectivity index (χ3n) is 3.72. The Hall–Kier alpha value is -1.25. The van der Waals surface area contributed by atoms with Crippen molar-refractivity contribution in [3.63, 3.8) is 0 Å². The molecule has 0 fully saturated rings. The van der Waals surface area contributed by atoms with E-state index in [1.165, 1.54) is 27.1 Å². The molecule has 0 aliphatic heterocycles. The van der Waals surface area contributed by atoms with E-state index in [1.54, 1.807) is 0 Å². The molecule has 0 saturated carbocycles. The number of nitrogens with one attached hydrogen (secondary N) is 1. The van der Waals surface area contributed by atoms with Crippen LogP contribution in [0.4, 0.5) is 0 Å². The summed E-state index contributed by atoms with van der Waals surface area (Å²) in [6.07, 6.45) is 0. The van der Waals surface area contributed by atoms with Gasteiger partial charge in [-0.05, 0) is 56.6 Å². The van der Waals surface area contributed by atoms with Crippen LogP contribution in [-0.2, 0) is 0 Å². The molecule has 1 atom stereocenters. The molecular weight excluding hydrogens is 262 g/mol. The Kier molecular flexibility index (Phi) is 5.27. The second kappa shape index (κ2) is 6.96. The molecule has 0 aromatic heterocycles. The molecule has 0 saturated heterocycles. The summed E-state index contributed by atoms with van der Waals surface area (Å²) in [6.45, 7) is 6.46. The van der Waals surface area contributed by atoms with Crippen LogP contribution >= 0.6 is 11.8 Å². The Bertz CT molecular complexity index is 560. The minimum atomic E-state index is 0.391. The van der Waals surface area contributed by atoms with Gasteiger partial charge in [-0.2, -0.15) is 0 Å². The van der Waals surface area contributed by atoms with E-state index in [-0.39, 0.29) is 0 Å². The topological polar surface area (TPSA) is 12.0 Å². The Morgan fingerprint density at radius 2 is 1.65 bits per heavy atom. The molecule has 0 spiro atoms. The highest BCUT2D eigenvalue weighted by Crippen LogP contribution is 2.26. The number of hydrogen-bond donors (Lipinski definition) is 1. The van der Waals surface area contributed by atoms with Crippen molar-refractivity contribution in [1.82, 2.24) is 5.32 Å². The smallest absolute Gasteiger partial charge is 0.0412 e. The van der Waals surface area contributed by atoms with Crippen LogP contribution in [0.3, 0.4) is 0 Å². The first-order valence-corrected chi connectivity index (χ1v) is 8.02. The molecule has 2 heteroatoms. The monoisotopic (exact) mass is 285 g/mol. The van der Waals surface area contributed by atoms with E-state index in [0.717, 1.165) is 5.75 Å². The minimum Gasteiger partial charge on any atom is -0.312 e. The maximum Gasteiger partial charge on any atom is 0.0412 e. The third-order valence-corrected chi connectivity index (χ3v) is 4.81. The molecule has 0 heterocycles. The lowest BCUT2D eigenvalue weighted by molar-refractivity contribution is 0.661. The number of hydrogen-bond acceptors (Lipinski definition) is 2. The van der Waals surface area contributed by atoms with Gasteiger partial charge in [-0.1, -0.05) is 35.9 Å². The first kappa shape index (κ1) is 15.1. The summed E-state index contributed by atoms with van der Waals surface area (Å²) in [6, 6.07) is 15.9. The summed E-state index contributed by atoms with van der Waals surface area (Å²) in [5.41, 5.74) is 5.39. The molecule has 2 aromatic rings. The summed E-state index contributed by atoms with van der Waals surface area (Å²) < 4.78 is 0. The Morgan fingerprint density at radius 3 is 2.25 bits per heavy atom. The van der Waals surface area contributed by atoms with Crippen molar-refractivity contribution in [2.45, 2.75) is 31.7 Å². The number of benzene rings is 2. The van der Waals surface area contributed by atoms with Crippen molar-refractivity contribution in [2.24, 2.45) is 0 Å². The summed E-state index contributed by atoms with van der Waals surface area (Å²) in [5, 5.41) is 3.41. The molecule has 0 bridgehead atoms. The fourth-order valence-electron chi connectivity index (χ4n) is 2.13. The van der Waals surface area contributed by atoms with E-state index < -0.39 is 0 Å². The predicted octanol–water partition coefficient (Wildman–Crippen LogP) is 4.66. The first-order chi connectivity index (χ1) is 9.60. The van der Waals surface area contributed by atoms with Crippen molar-refractivity contribution in [3.8, 4) is 0 Å². The highest BCUT2D eigenvalue weighted by Gasteiger charge is 2.09. The number of rotatable bonds is 5.